The van der Waals surface area contributed by atoms with Crippen molar-refractivity contribution in [2.24, 2.45) is 5.41 Å². The van der Waals surface area contributed by atoms with Crippen LogP contribution in [0.5, 0.6) is 5.75 Å². The van der Waals surface area contributed by atoms with E-state index in [1.807, 2.05) is 24.3 Å². The standard InChI is InChI=1S/C16H22O3/c1-19-14-7-5-13(6-8-14)9-12-16(15(17)18)10-3-2-4-11-16/h5-8H,2-4,9-12H2,1H3,(H,17,18). The van der Waals surface area contributed by atoms with Crippen LogP contribution in [0.1, 0.15) is 44.1 Å². The van der Waals surface area contributed by atoms with Gasteiger partial charge in [0.25, 0.3) is 0 Å². The summed E-state index contributed by atoms with van der Waals surface area (Å²) in [5.41, 5.74) is 0.699. The van der Waals surface area contributed by atoms with Gasteiger partial charge in [-0.3, -0.25) is 4.79 Å². The van der Waals surface area contributed by atoms with Gasteiger partial charge < -0.3 is 9.84 Å². The lowest BCUT2D eigenvalue weighted by Gasteiger charge is -2.33. The normalized spacial score (nSPS) is 17.9. The van der Waals surface area contributed by atoms with Gasteiger partial charge in [0, 0.05) is 0 Å². The Kier molecular flexibility index (Phi) is 4.46. The minimum Gasteiger partial charge on any atom is -0.497 e. The predicted molar refractivity (Wildman–Crippen MR) is 74.5 cm³/mol. The fourth-order valence-corrected chi connectivity index (χ4v) is 2.98. The molecule has 1 aromatic carbocycles. The Morgan fingerprint density at radius 3 is 2.37 bits per heavy atom. The summed E-state index contributed by atoms with van der Waals surface area (Å²) < 4.78 is 5.13. The molecule has 104 valence electrons. The SMILES string of the molecule is COc1ccc(CCC2(C(=O)O)CCCCC2)cc1. The van der Waals surface area contributed by atoms with Crippen molar-refractivity contribution in [1.82, 2.24) is 0 Å². The maximum absolute atomic E-state index is 11.6. The Bertz CT molecular complexity index is 416. The molecule has 1 N–H and O–H groups in total. The Morgan fingerprint density at radius 2 is 1.84 bits per heavy atom. The Morgan fingerprint density at radius 1 is 1.21 bits per heavy atom. The van der Waals surface area contributed by atoms with Gasteiger partial charge >= 0.3 is 5.97 Å². The number of methoxy groups -OCH3 is 1. The minimum atomic E-state index is -0.610. The van der Waals surface area contributed by atoms with Crippen molar-refractivity contribution in [1.29, 1.82) is 0 Å². The molecule has 1 fully saturated rings. The van der Waals surface area contributed by atoms with E-state index >= 15 is 0 Å². The van der Waals surface area contributed by atoms with Crippen LogP contribution in [0.2, 0.25) is 0 Å². The summed E-state index contributed by atoms with van der Waals surface area (Å²) in [5.74, 6) is 0.232. The average Bonchev–Trinajstić information content (AvgIpc) is 2.46. The quantitative estimate of drug-likeness (QED) is 0.880. The van der Waals surface area contributed by atoms with Gasteiger partial charge in [-0.1, -0.05) is 31.4 Å². The number of aryl methyl sites for hydroxylation is 1. The molecule has 0 amide bonds. The third kappa shape index (κ3) is 3.28. The highest BCUT2D eigenvalue weighted by atomic mass is 16.5. The molecular formula is C16H22O3. The fraction of sp³-hybridized carbons (Fsp3) is 0.562. The van der Waals surface area contributed by atoms with E-state index in [0.29, 0.717) is 0 Å². The molecule has 0 atom stereocenters. The summed E-state index contributed by atoms with van der Waals surface area (Å²) in [5, 5.41) is 9.53. The van der Waals surface area contributed by atoms with Gasteiger partial charge in [0.1, 0.15) is 5.75 Å². The average molecular weight is 262 g/mol. The van der Waals surface area contributed by atoms with Crippen LogP contribution in [-0.2, 0) is 11.2 Å². The Labute approximate surface area is 114 Å². The molecule has 2 rings (SSSR count). The lowest BCUT2D eigenvalue weighted by atomic mass is 9.71. The van der Waals surface area contributed by atoms with Gasteiger partial charge in [0.05, 0.1) is 12.5 Å². The molecule has 0 spiro atoms. The summed E-state index contributed by atoms with van der Waals surface area (Å²) in [4.78, 5) is 11.6. The first kappa shape index (κ1) is 13.9. The van der Waals surface area contributed by atoms with Gasteiger partial charge in [0.2, 0.25) is 0 Å². The highest BCUT2D eigenvalue weighted by Gasteiger charge is 2.38. The maximum atomic E-state index is 11.6. The van der Waals surface area contributed by atoms with Crippen molar-refractivity contribution in [2.75, 3.05) is 7.11 Å². The summed E-state index contributed by atoms with van der Waals surface area (Å²) in [6.07, 6.45) is 6.52. The number of aliphatic carboxylic acids is 1. The van der Waals surface area contributed by atoms with Gasteiger partial charge in [-0.15, -0.1) is 0 Å². The van der Waals surface area contributed by atoms with E-state index in [2.05, 4.69) is 0 Å². The first-order chi connectivity index (χ1) is 9.16. The predicted octanol–water partition coefficient (Wildman–Crippen LogP) is 3.66. The summed E-state index contributed by atoms with van der Waals surface area (Å²) in [7, 11) is 1.65. The zero-order chi connectivity index (χ0) is 13.7. The van der Waals surface area contributed by atoms with Gasteiger partial charge in [-0.05, 0) is 43.4 Å². The number of hydrogen-bond acceptors (Lipinski definition) is 2. The largest absolute Gasteiger partial charge is 0.497 e. The van der Waals surface area contributed by atoms with Crippen molar-refractivity contribution in [2.45, 2.75) is 44.9 Å². The number of rotatable bonds is 5. The van der Waals surface area contributed by atoms with Crippen LogP contribution in [0.25, 0.3) is 0 Å². The van der Waals surface area contributed by atoms with E-state index in [1.165, 1.54) is 12.0 Å². The number of benzene rings is 1. The molecule has 0 saturated heterocycles. The van der Waals surface area contributed by atoms with Crippen LogP contribution in [0.3, 0.4) is 0 Å². The number of ether oxygens (including phenoxy) is 1. The molecule has 0 aliphatic heterocycles. The molecule has 0 aromatic heterocycles. The van der Waals surface area contributed by atoms with E-state index in [0.717, 1.165) is 44.3 Å². The van der Waals surface area contributed by atoms with Gasteiger partial charge in [-0.2, -0.15) is 0 Å². The molecule has 3 heteroatoms. The third-order valence-electron chi connectivity index (χ3n) is 4.32. The molecule has 19 heavy (non-hydrogen) atoms. The smallest absolute Gasteiger partial charge is 0.309 e. The second kappa shape index (κ2) is 6.09. The monoisotopic (exact) mass is 262 g/mol. The van der Waals surface area contributed by atoms with E-state index in [-0.39, 0.29) is 0 Å². The molecular weight excluding hydrogens is 240 g/mol. The van der Waals surface area contributed by atoms with Crippen LogP contribution in [-0.4, -0.2) is 18.2 Å². The van der Waals surface area contributed by atoms with Crippen LogP contribution < -0.4 is 4.74 Å². The topological polar surface area (TPSA) is 46.5 Å². The molecule has 3 nitrogen and oxygen atoms in total. The molecule has 1 aliphatic rings. The van der Waals surface area contributed by atoms with Crippen LogP contribution in [0, 0.1) is 5.41 Å². The van der Waals surface area contributed by atoms with Gasteiger partial charge in [-0.25, -0.2) is 0 Å². The van der Waals surface area contributed by atoms with Crippen molar-refractivity contribution < 1.29 is 14.6 Å². The number of hydrogen-bond donors (Lipinski definition) is 1. The van der Waals surface area contributed by atoms with Gasteiger partial charge in [0.15, 0.2) is 0 Å². The summed E-state index contributed by atoms with van der Waals surface area (Å²) in [6, 6.07) is 7.92. The maximum Gasteiger partial charge on any atom is 0.309 e. The molecule has 1 saturated carbocycles. The Balaban J connectivity index is 2.00. The molecule has 1 aliphatic carbocycles. The summed E-state index contributed by atoms with van der Waals surface area (Å²) >= 11 is 0. The van der Waals surface area contributed by atoms with E-state index in [9.17, 15) is 9.90 Å². The van der Waals surface area contributed by atoms with Crippen molar-refractivity contribution in [3.05, 3.63) is 29.8 Å². The molecule has 0 unspecified atom stereocenters. The van der Waals surface area contributed by atoms with Crippen LogP contribution >= 0.6 is 0 Å². The molecule has 1 aromatic rings. The van der Waals surface area contributed by atoms with Crippen LogP contribution in [0.15, 0.2) is 24.3 Å². The van der Waals surface area contributed by atoms with E-state index < -0.39 is 11.4 Å². The first-order valence-electron chi connectivity index (χ1n) is 7.03. The first-order valence-corrected chi connectivity index (χ1v) is 7.03. The van der Waals surface area contributed by atoms with Crippen molar-refractivity contribution in [3.8, 4) is 5.75 Å². The fourth-order valence-electron chi connectivity index (χ4n) is 2.98. The molecule has 0 bridgehead atoms. The lowest BCUT2D eigenvalue weighted by Crippen LogP contribution is -2.33. The second-order valence-electron chi connectivity index (χ2n) is 5.49. The number of carboxylic acid groups (broad SMARTS) is 1. The zero-order valence-corrected chi connectivity index (χ0v) is 11.5. The highest BCUT2D eigenvalue weighted by molar-refractivity contribution is 5.74. The molecule has 0 heterocycles. The number of carboxylic acids is 1. The summed E-state index contributed by atoms with van der Waals surface area (Å²) in [6.45, 7) is 0. The highest BCUT2D eigenvalue weighted by Crippen LogP contribution is 2.40. The number of carbonyl (C=O) groups is 1. The third-order valence-corrected chi connectivity index (χ3v) is 4.32. The minimum absolute atomic E-state index is 0.488. The molecule has 0 radical (unpaired) electrons. The van der Waals surface area contributed by atoms with Crippen molar-refractivity contribution in [3.63, 3.8) is 0 Å². The van der Waals surface area contributed by atoms with E-state index in [4.69, 9.17) is 4.74 Å². The van der Waals surface area contributed by atoms with Crippen molar-refractivity contribution >= 4 is 5.97 Å². The zero-order valence-electron chi connectivity index (χ0n) is 11.5. The van der Waals surface area contributed by atoms with Crippen LogP contribution in [0.4, 0.5) is 0 Å². The lowest BCUT2D eigenvalue weighted by molar-refractivity contribution is -0.151. The van der Waals surface area contributed by atoms with E-state index in [1.54, 1.807) is 7.11 Å². The second-order valence-corrected chi connectivity index (χ2v) is 5.49. The Hall–Kier alpha value is -1.51.